The minimum Gasteiger partial charge on any atom is -0.497 e. The first-order chi connectivity index (χ1) is 12.6. The molecule has 0 radical (unpaired) electrons. The molecule has 1 heterocycles. The van der Waals surface area contributed by atoms with E-state index in [1.807, 2.05) is 36.4 Å². The van der Waals surface area contributed by atoms with Gasteiger partial charge in [-0.3, -0.25) is 9.59 Å². The summed E-state index contributed by atoms with van der Waals surface area (Å²) >= 11 is 1.37. The minimum absolute atomic E-state index is 0.00909. The summed E-state index contributed by atoms with van der Waals surface area (Å²) in [5, 5.41) is 0. The third kappa shape index (κ3) is 4.00. The Hall–Kier alpha value is -2.93. The molecular formula is C19H18N2O4S. The van der Waals surface area contributed by atoms with E-state index in [2.05, 4.69) is 4.99 Å². The predicted octanol–water partition coefficient (Wildman–Crippen LogP) is 2.55. The molecule has 0 N–H and O–H groups in total. The van der Waals surface area contributed by atoms with Gasteiger partial charge in [0.25, 0.3) is 5.91 Å². The molecule has 2 aromatic carbocycles. The number of amides is 1. The number of aromatic nitrogens is 1. The van der Waals surface area contributed by atoms with Crippen LogP contribution in [-0.2, 0) is 27.3 Å². The van der Waals surface area contributed by atoms with E-state index in [1.165, 1.54) is 18.4 Å². The topological polar surface area (TPSA) is 69.9 Å². The van der Waals surface area contributed by atoms with E-state index >= 15 is 0 Å². The van der Waals surface area contributed by atoms with Crippen LogP contribution in [0, 0.1) is 0 Å². The lowest BCUT2D eigenvalue weighted by molar-refractivity contribution is -0.141. The van der Waals surface area contributed by atoms with Crippen LogP contribution in [0.15, 0.2) is 53.5 Å². The standard InChI is InChI=1S/C19H18N2O4S/c1-24-14-9-7-13(8-10-14)11-17(22)20-19-21(12-18(23)25-2)15-5-3-4-6-16(15)26-19/h3-10H,11-12H2,1-2H3. The zero-order chi connectivity index (χ0) is 18.5. The van der Waals surface area contributed by atoms with Gasteiger partial charge in [0.15, 0.2) is 4.80 Å². The molecule has 26 heavy (non-hydrogen) atoms. The highest BCUT2D eigenvalue weighted by molar-refractivity contribution is 7.16. The molecule has 1 amide bonds. The number of fused-ring (bicyclic) bond motifs is 1. The highest BCUT2D eigenvalue weighted by Gasteiger charge is 2.11. The lowest BCUT2D eigenvalue weighted by atomic mass is 10.1. The number of para-hydroxylation sites is 1. The molecular weight excluding hydrogens is 352 g/mol. The van der Waals surface area contributed by atoms with Gasteiger partial charge < -0.3 is 14.0 Å². The van der Waals surface area contributed by atoms with Crippen LogP contribution in [0.1, 0.15) is 5.56 Å². The molecule has 3 rings (SSSR count). The molecule has 0 spiro atoms. The van der Waals surface area contributed by atoms with Crippen LogP contribution in [0.5, 0.6) is 5.75 Å². The molecule has 1 aromatic heterocycles. The lowest BCUT2D eigenvalue weighted by Crippen LogP contribution is -2.22. The number of rotatable bonds is 5. The Labute approximate surface area is 154 Å². The Morgan fingerprint density at radius 1 is 1.08 bits per heavy atom. The van der Waals surface area contributed by atoms with Gasteiger partial charge in [-0.05, 0) is 29.8 Å². The first kappa shape index (κ1) is 17.9. The number of methoxy groups -OCH3 is 2. The summed E-state index contributed by atoms with van der Waals surface area (Å²) in [7, 11) is 2.93. The number of nitrogens with zero attached hydrogens (tertiary/aromatic N) is 2. The Kier molecular flexibility index (Phi) is 5.48. The van der Waals surface area contributed by atoms with Gasteiger partial charge in [-0.15, -0.1) is 0 Å². The van der Waals surface area contributed by atoms with E-state index in [1.54, 1.807) is 23.8 Å². The second kappa shape index (κ2) is 7.97. The van der Waals surface area contributed by atoms with Crippen molar-refractivity contribution in [2.75, 3.05) is 14.2 Å². The number of ether oxygens (including phenoxy) is 2. The summed E-state index contributed by atoms with van der Waals surface area (Å²) in [5.74, 6) is 0.0662. The van der Waals surface area contributed by atoms with Crippen molar-refractivity contribution in [2.45, 2.75) is 13.0 Å². The summed E-state index contributed by atoms with van der Waals surface area (Å²) in [6.45, 7) is 0.00909. The maximum Gasteiger partial charge on any atom is 0.325 e. The summed E-state index contributed by atoms with van der Waals surface area (Å²) in [6.07, 6.45) is 0.177. The second-order valence-electron chi connectivity index (χ2n) is 5.55. The summed E-state index contributed by atoms with van der Waals surface area (Å²) in [4.78, 5) is 28.8. The fourth-order valence-electron chi connectivity index (χ4n) is 2.52. The molecule has 7 heteroatoms. The Bertz CT molecular complexity index is 1000. The van der Waals surface area contributed by atoms with Gasteiger partial charge >= 0.3 is 5.97 Å². The van der Waals surface area contributed by atoms with Crippen LogP contribution >= 0.6 is 11.3 Å². The van der Waals surface area contributed by atoms with Crippen LogP contribution in [0.3, 0.4) is 0 Å². The highest BCUT2D eigenvalue weighted by Crippen LogP contribution is 2.17. The fraction of sp³-hybridized carbons (Fsp3) is 0.211. The summed E-state index contributed by atoms with van der Waals surface area (Å²) in [5.41, 5.74) is 1.69. The first-order valence-corrected chi connectivity index (χ1v) is 8.78. The molecule has 0 aliphatic carbocycles. The molecule has 134 valence electrons. The smallest absolute Gasteiger partial charge is 0.325 e. The molecule has 0 unspecified atom stereocenters. The first-order valence-electron chi connectivity index (χ1n) is 7.96. The Balaban J connectivity index is 1.93. The average Bonchev–Trinajstić information content (AvgIpc) is 2.99. The van der Waals surface area contributed by atoms with Gasteiger partial charge in [-0.2, -0.15) is 4.99 Å². The minimum atomic E-state index is -0.391. The van der Waals surface area contributed by atoms with Crippen LogP contribution in [0.25, 0.3) is 10.2 Å². The van der Waals surface area contributed by atoms with Crippen LogP contribution in [0.4, 0.5) is 0 Å². The van der Waals surface area contributed by atoms with Gasteiger partial charge in [-0.1, -0.05) is 35.6 Å². The van der Waals surface area contributed by atoms with Crippen molar-refractivity contribution in [3.63, 3.8) is 0 Å². The zero-order valence-electron chi connectivity index (χ0n) is 14.5. The number of benzene rings is 2. The van der Waals surface area contributed by atoms with E-state index in [-0.39, 0.29) is 18.9 Å². The third-order valence-corrected chi connectivity index (χ3v) is 4.90. The number of carbonyl (C=O) groups is 2. The maximum atomic E-state index is 12.4. The number of esters is 1. The summed E-state index contributed by atoms with van der Waals surface area (Å²) < 4.78 is 12.5. The van der Waals surface area contributed by atoms with Gasteiger partial charge in [0.1, 0.15) is 12.3 Å². The van der Waals surface area contributed by atoms with Crippen LogP contribution in [-0.4, -0.2) is 30.7 Å². The molecule has 3 aromatic rings. The normalized spacial score (nSPS) is 11.5. The van der Waals surface area contributed by atoms with Gasteiger partial charge in [-0.25, -0.2) is 0 Å². The van der Waals surface area contributed by atoms with E-state index in [0.29, 0.717) is 4.80 Å². The molecule has 0 atom stereocenters. The molecule has 0 saturated heterocycles. The lowest BCUT2D eigenvalue weighted by Gasteiger charge is -2.03. The van der Waals surface area contributed by atoms with Crippen LogP contribution in [0.2, 0.25) is 0 Å². The SMILES string of the molecule is COC(=O)Cn1c(=NC(=O)Cc2ccc(OC)cc2)sc2ccccc21. The monoisotopic (exact) mass is 370 g/mol. The van der Waals surface area contributed by atoms with E-state index in [4.69, 9.17) is 9.47 Å². The average molecular weight is 370 g/mol. The zero-order valence-corrected chi connectivity index (χ0v) is 15.3. The van der Waals surface area contributed by atoms with Gasteiger partial charge in [0, 0.05) is 0 Å². The molecule has 0 aliphatic heterocycles. The fourth-order valence-corrected chi connectivity index (χ4v) is 3.56. The predicted molar refractivity (Wildman–Crippen MR) is 99.1 cm³/mol. The number of hydrogen-bond donors (Lipinski definition) is 0. The number of carbonyl (C=O) groups excluding carboxylic acids is 2. The van der Waals surface area contributed by atoms with Crippen molar-refractivity contribution >= 4 is 33.4 Å². The second-order valence-corrected chi connectivity index (χ2v) is 6.55. The largest absolute Gasteiger partial charge is 0.497 e. The van der Waals surface area contributed by atoms with Crippen molar-refractivity contribution in [3.05, 3.63) is 58.9 Å². The molecule has 0 saturated carbocycles. The molecule has 0 aliphatic rings. The Morgan fingerprint density at radius 3 is 2.50 bits per heavy atom. The third-order valence-electron chi connectivity index (χ3n) is 3.84. The van der Waals surface area contributed by atoms with Crippen LogP contribution < -0.4 is 9.54 Å². The van der Waals surface area contributed by atoms with Crippen molar-refractivity contribution in [2.24, 2.45) is 4.99 Å². The van der Waals surface area contributed by atoms with Gasteiger partial charge in [0.2, 0.25) is 0 Å². The number of thiazole rings is 1. The molecule has 6 nitrogen and oxygen atoms in total. The van der Waals surface area contributed by atoms with Crippen molar-refractivity contribution < 1.29 is 19.1 Å². The maximum absolute atomic E-state index is 12.4. The van der Waals surface area contributed by atoms with Crippen molar-refractivity contribution in [3.8, 4) is 5.75 Å². The Morgan fingerprint density at radius 2 is 1.81 bits per heavy atom. The summed E-state index contributed by atoms with van der Waals surface area (Å²) in [6, 6.07) is 14.9. The highest BCUT2D eigenvalue weighted by atomic mass is 32.1. The van der Waals surface area contributed by atoms with Crippen molar-refractivity contribution in [1.29, 1.82) is 0 Å². The molecule has 0 fully saturated rings. The number of hydrogen-bond acceptors (Lipinski definition) is 5. The van der Waals surface area contributed by atoms with Crippen molar-refractivity contribution in [1.82, 2.24) is 4.57 Å². The quantitative estimate of drug-likeness (QED) is 0.647. The van der Waals surface area contributed by atoms with E-state index < -0.39 is 5.97 Å². The van der Waals surface area contributed by atoms with E-state index in [9.17, 15) is 9.59 Å². The molecule has 0 bridgehead atoms. The van der Waals surface area contributed by atoms with E-state index in [0.717, 1.165) is 21.5 Å². The van der Waals surface area contributed by atoms with Gasteiger partial charge in [0.05, 0.1) is 30.9 Å².